The van der Waals surface area contributed by atoms with E-state index in [9.17, 15) is 12.8 Å². The molecule has 1 aromatic rings. The molecule has 0 unspecified atom stereocenters. The first-order chi connectivity index (χ1) is 7.89. The Morgan fingerprint density at radius 1 is 1.47 bits per heavy atom. The molecule has 1 N–H and O–H groups in total. The Morgan fingerprint density at radius 3 is 2.65 bits per heavy atom. The lowest BCUT2D eigenvalue weighted by Crippen LogP contribution is -2.18. The summed E-state index contributed by atoms with van der Waals surface area (Å²) in [6.07, 6.45) is 0.461. The van der Waals surface area contributed by atoms with E-state index >= 15 is 0 Å². The van der Waals surface area contributed by atoms with E-state index in [0.717, 1.165) is 6.07 Å². The maximum atomic E-state index is 13.4. The van der Waals surface area contributed by atoms with Crippen LogP contribution in [0.1, 0.15) is 13.3 Å². The van der Waals surface area contributed by atoms with Gasteiger partial charge in [-0.2, -0.15) is 0 Å². The summed E-state index contributed by atoms with van der Waals surface area (Å²) in [5.74, 6) is -0.924. The van der Waals surface area contributed by atoms with Crippen LogP contribution < -0.4 is 14.9 Å². The fraction of sp³-hybridized carbons (Fsp3) is 0.400. The average molecular weight is 257 g/mol. The number of anilines is 1. The van der Waals surface area contributed by atoms with Crippen LogP contribution in [0.2, 0.25) is 0 Å². The molecule has 0 saturated heterocycles. The third kappa shape index (κ3) is 3.62. The molecule has 1 rings (SSSR count). The zero-order valence-electron chi connectivity index (χ0n) is 9.66. The molecule has 0 atom stereocenters. The maximum absolute atomic E-state index is 13.4. The van der Waals surface area contributed by atoms with E-state index in [1.54, 1.807) is 6.92 Å². The molecular formula is C10H13BFNO3S. The van der Waals surface area contributed by atoms with Crippen molar-refractivity contribution in [2.45, 2.75) is 13.3 Å². The van der Waals surface area contributed by atoms with Crippen molar-refractivity contribution in [2.24, 2.45) is 0 Å². The number of hydrogen-bond donors (Lipinski definition) is 1. The standard InChI is InChI=1S/C10H13BFNO3S/c1-3-4-17(14,15)13-9-6-7(11)5-8(12)10(9)16-2/h5-6,13H,3-4H2,1-2H3. The topological polar surface area (TPSA) is 55.4 Å². The maximum Gasteiger partial charge on any atom is 0.232 e. The summed E-state index contributed by atoms with van der Waals surface area (Å²) in [5, 5.41) is 0. The highest BCUT2D eigenvalue weighted by Crippen LogP contribution is 2.27. The summed E-state index contributed by atoms with van der Waals surface area (Å²) in [6, 6.07) is 2.38. The van der Waals surface area contributed by atoms with Gasteiger partial charge in [-0.15, -0.1) is 0 Å². The van der Waals surface area contributed by atoms with Gasteiger partial charge in [0.05, 0.1) is 18.6 Å². The number of halogens is 1. The van der Waals surface area contributed by atoms with Crippen LogP contribution >= 0.6 is 0 Å². The summed E-state index contributed by atoms with van der Waals surface area (Å²) in [4.78, 5) is 0. The highest BCUT2D eigenvalue weighted by Gasteiger charge is 2.15. The minimum absolute atomic E-state index is 0.0125. The Balaban J connectivity index is 3.14. The predicted molar refractivity (Wildman–Crippen MR) is 66.0 cm³/mol. The number of methoxy groups -OCH3 is 1. The summed E-state index contributed by atoms with van der Waals surface area (Å²) < 4.78 is 43.6. The number of hydrogen-bond acceptors (Lipinski definition) is 3. The predicted octanol–water partition coefficient (Wildman–Crippen LogP) is 0.780. The molecule has 0 aromatic heterocycles. The van der Waals surface area contributed by atoms with Crippen LogP contribution in [-0.4, -0.2) is 29.1 Å². The van der Waals surface area contributed by atoms with Crippen LogP contribution in [-0.2, 0) is 10.0 Å². The van der Waals surface area contributed by atoms with Gasteiger partial charge in [-0.05, 0) is 18.6 Å². The third-order valence-corrected chi connectivity index (χ3v) is 3.48. The molecule has 2 radical (unpaired) electrons. The van der Waals surface area contributed by atoms with Crippen LogP contribution in [0.15, 0.2) is 12.1 Å². The van der Waals surface area contributed by atoms with E-state index in [0.29, 0.717) is 6.42 Å². The summed E-state index contributed by atoms with van der Waals surface area (Å²) in [6.45, 7) is 1.73. The Morgan fingerprint density at radius 2 is 2.12 bits per heavy atom. The molecule has 17 heavy (non-hydrogen) atoms. The molecule has 0 aliphatic rings. The van der Waals surface area contributed by atoms with Crippen molar-refractivity contribution in [1.82, 2.24) is 0 Å². The zero-order valence-corrected chi connectivity index (χ0v) is 10.5. The van der Waals surface area contributed by atoms with Crippen molar-refractivity contribution >= 4 is 29.0 Å². The van der Waals surface area contributed by atoms with E-state index < -0.39 is 15.8 Å². The van der Waals surface area contributed by atoms with Gasteiger partial charge in [0.15, 0.2) is 11.6 Å². The van der Waals surface area contributed by atoms with Crippen molar-refractivity contribution in [2.75, 3.05) is 17.6 Å². The molecule has 1 aromatic carbocycles. The lowest BCUT2D eigenvalue weighted by Gasteiger charge is -2.13. The first kappa shape index (κ1) is 13.8. The van der Waals surface area contributed by atoms with Gasteiger partial charge in [0.25, 0.3) is 0 Å². The molecule has 0 bridgehead atoms. The van der Waals surface area contributed by atoms with Gasteiger partial charge in [-0.1, -0.05) is 12.4 Å². The van der Waals surface area contributed by atoms with Gasteiger partial charge in [0.1, 0.15) is 7.85 Å². The Kier molecular flexibility index (Phi) is 4.39. The molecule has 0 amide bonds. The number of nitrogens with one attached hydrogen (secondary N) is 1. The average Bonchev–Trinajstić information content (AvgIpc) is 2.15. The molecule has 0 heterocycles. The SMILES string of the molecule is [B]c1cc(F)c(OC)c(NS(=O)(=O)CCC)c1. The quantitative estimate of drug-likeness (QED) is 0.793. The van der Waals surface area contributed by atoms with Crippen LogP contribution in [0.4, 0.5) is 10.1 Å². The van der Waals surface area contributed by atoms with Gasteiger partial charge in [-0.3, -0.25) is 4.72 Å². The monoisotopic (exact) mass is 257 g/mol. The van der Waals surface area contributed by atoms with E-state index in [-0.39, 0.29) is 22.7 Å². The van der Waals surface area contributed by atoms with E-state index in [2.05, 4.69) is 4.72 Å². The lowest BCUT2D eigenvalue weighted by atomic mass is 9.95. The smallest absolute Gasteiger partial charge is 0.232 e. The molecule has 0 saturated carbocycles. The summed E-state index contributed by atoms with van der Waals surface area (Å²) in [5.41, 5.74) is 0.135. The second-order valence-electron chi connectivity index (χ2n) is 3.50. The zero-order chi connectivity index (χ0) is 13.1. The molecule has 0 aliphatic carbocycles. The van der Waals surface area contributed by atoms with Crippen molar-refractivity contribution in [1.29, 1.82) is 0 Å². The fourth-order valence-corrected chi connectivity index (χ4v) is 2.51. The molecular weight excluding hydrogens is 244 g/mol. The summed E-state index contributed by atoms with van der Waals surface area (Å²) in [7, 11) is 3.20. The second kappa shape index (κ2) is 5.40. The lowest BCUT2D eigenvalue weighted by molar-refractivity contribution is 0.389. The molecule has 4 nitrogen and oxygen atoms in total. The van der Waals surface area contributed by atoms with Crippen LogP contribution in [0, 0.1) is 5.82 Å². The molecule has 7 heteroatoms. The Bertz CT molecular complexity index is 505. The normalized spacial score (nSPS) is 11.2. The van der Waals surface area contributed by atoms with E-state index in [1.165, 1.54) is 13.2 Å². The minimum Gasteiger partial charge on any atom is -0.492 e. The van der Waals surface area contributed by atoms with Crippen molar-refractivity contribution < 1.29 is 17.5 Å². The number of ether oxygens (including phenoxy) is 1. The number of rotatable bonds is 5. The van der Waals surface area contributed by atoms with Crippen LogP contribution in [0.25, 0.3) is 0 Å². The first-order valence-electron chi connectivity index (χ1n) is 5.03. The highest BCUT2D eigenvalue weighted by molar-refractivity contribution is 7.92. The first-order valence-corrected chi connectivity index (χ1v) is 6.68. The third-order valence-electron chi connectivity index (χ3n) is 2.01. The van der Waals surface area contributed by atoms with Crippen LogP contribution in [0.5, 0.6) is 5.75 Å². The summed E-state index contributed by atoms with van der Waals surface area (Å²) >= 11 is 0. The molecule has 0 spiro atoms. The molecule has 0 fully saturated rings. The second-order valence-corrected chi connectivity index (χ2v) is 5.35. The van der Waals surface area contributed by atoms with Gasteiger partial charge in [-0.25, -0.2) is 12.8 Å². The van der Waals surface area contributed by atoms with Crippen molar-refractivity contribution in [3.63, 3.8) is 0 Å². The highest BCUT2D eigenvalue weighted by atomic mass is 32.2. The number of benzene rings is 1. The van der Waals surface area contributed by atoms with Gasteiger partial charge in [0.2, 0.25) is 10.0 Å². The van der Waals surface area contributed by atoms with Gasteiger partial charge >= 0.3 is 0 Å². The van der Waals surface area contributed by atoms with E-state index in [4.69, 9.17) is 12.6 Å². The van der Waals surface area contributed by atoms with Crippen molar-refractivity contribution in [3.8, 4) is 5.75 Å². The minimum atomic E-state index is -3.50. The van der Waals surface area contributed by atoms with Gasteiger partial charge in [0, 0.05) is 0 Å². The van der Waals surface area contributed by atoms with E-state index in [1.807, 2.05) is 0 Å². The molecule has 0 aliphatic heterocycles. The molecule has 92 valence electrons. The van der Waals surface area contributed by atoms with Crippen molar-refractivity contribution in [3.05, 3.63) is 17.9 Å². The fourth-order valence-electron chi connectivity index (χ4n) is 1.38. The largest absolute Gasteiger partial charge is 0.492 e. The van der Waals surface area contributed by atoms with Gasteiger partial charge < -0.3 is 4.74 Å². The Labute approximate surface area is 102 Å². The van der Waals surface area contributed by atoms with Crippen LogP contribution in [0.3, 0.4) is 0 Å². The Hall–Kier alpha value is -1.24. The number of sulfonamides is 1.